The van der Waals surface area contributed by atoms with Crippen LogP contribution in [0.15, 0.2) is 34.8 Å². The molecule has 21 heavy (non-hydrogen) atoms. The summed E-state index contributed by atoms with van der Waals surface area (Å²) < 4.78 is 16.9. The van der Waals surface area contributed by atoms with Gasteiger partial charge in [0, 0.05) is 22.3 Å². The molecule has 0 aliphatic heterocycles. The van der Waals surface area contributed by atoms with E-state index in [9.17, 15) is 0 Å². The summed E-state index contributed by atoms with van der Waals surface area (Å²) in [6, 6.07) is 9.28. The topological polar surface area (TPSA) is 65.7 Å². The molecule has 6 heteroatoms. The van der Waals surface area contributed by atoms with Crippen LogP contribution in [0.5, 0.6) is 17.2 Å². The van der Waals surface area contributed by atoms with Crippen LogP contribution < -0.4 is 25.3 Å². The Balaban J connectivity index is 2.40. The van der Waals surface area contributed by atoms with Gasteiger partial charge >= 0.3 is 0 Å². The number of halogens is 1. The van der Waals surface area contributed by atoms with Crippen molar-refractivity contribution in [1.29, 1.82) is 0 Å². The third-order valence-corrected chi connectivity index (χ3v) is 3.45. The van der Waals surface area contributed by atoms with Crippen molar-refractivity contribution in [3.8, 4) is 17.2 Å². The molecular weight excluding hydrogens is 336 g/mol. The molecular formula is C15H17BrN2O3. The summed E-state index contributed by atoms with van der Waals surface area (Å²) in [5.41, 5.74) is 8.21. The van der Waals surface area contributed by atoms with Crippen molar-refractivity contribution in [3.05, 3.63) is 34.8 Å². The zero-order valence-corrected chi connectivity index (χ0v) is 13.7. The second-order valence-corrected chi connectivity index (χ2v) is 5.19. The normalized spacial score (nSPS) is 10.1. The molecule has 112 valence electrons. The molecule has 0 aliphatic carbocycles. The first-order valence-electron chi connectivity index (χ1n) is 6.21. The van der Waals surface area contributed by atoms with E-state index in [1.165, 1.54) is 0 Å². The van der Waals surface area contributed by atoms with Crippen molar-refractivity contribution in [3.63, 3.8) is 0 Å². The van der Waals surface area contributed by atoms with Gasteiger partial charge in [0.1, 0.15) is 0 Å². The molecule has 5 nitrogen and oxygen atoms in total. The number of hydrogen-bond donors (Lipinski definition) is 2. The van der Waals surface area contributed by atoms with Gasteiger partial charge in [-0.05, 0) is 18.2 Å². The Kier molecular flexibility index (Phi) is 4.80. The van der Waals surface area contributed by atoms with Crippen LogP contribution in [-0.2, 0) is 0 Å². The number of hydrogen-bond acceptors (Lipinski definition) is 5. The molecule has 0 fully saturated rings. The van der Waals surface area contributed by atoms with Gasteiger partial charge in [-0.1, -0.05) is 15.9 Å². The second kappa shape index (κ2) is 6.58. The number of nitrogens with two attached hydrogens (primary N) is 1. The van der Waals surface area contributed by atoms with Crippen LogP contribution in [0.25, 0.3) is 0 Å². The predicted octanol–water partition coefficient (Wildman–Crippen LogP) is 3.80. The number of anilines is 3. The van der Waals surface area contributed by atoms with E-state index in [1.807, 2.05) is 30.3 Å². The average Bonchev–Trinajstić information content (AvgIpc) is 2.49. The van der Waals surface area contributed by atoms with Crippen LogP contribution in [-0.4, -0.2) is 21.3 Å². The molecule has 0 aliphatic rings. The van der Waals surface area contributed by atoms with E-state index in [0.29, 0.717) is 22.9 Å². The van der Waals surface area contributed by atoms with Crippen LogP contribution in [0.2, 0.25) is 0 Å². The summed E-state index contributed by atoms with van der Waals surface area (Å²) >= 11 is 3.38. The lowest BCUT2D eigenvalue weighted by Gasteiger charge is -2.16. The van der Waals surface area contributed by atoms with Gasteiger partial charge in [0.25, 0.3) is 0 Å². The Morgan fingerprint density at radius 1 is 0.952 bits per heavy atom. The first-order chi connectivity index (χ1) is 10.1. The summed E-state index contributed by atoms with van der Waals surface area (Å²) in [5.74, 6) is 1.71. The fraction of sp³-hybridized carbons (Fsp3) is 0.200. The van der Waals surface area contributed by atoms with Crippen LogP contribution >= 0.6 is 15.9 Å². The van der Waals surface area contributed by atoms with Crippen LogP contribution in [0.4, 0.5) is 17.1 Å². The van der Waals surface area contributed by atoms with Crippen LogP contribution in [0.1, 0.15) is 0 Å². The Hall–Kier alpha value is -2.08. The maximum atomic E-state index is 5.99. The molecule has 0 heterocycles. The van der Waals surface area contributed by atoms with Crippen molar-refractivity contribution < 1.29 is 14.2 Å². The van der Waals surface area contributed by atoms with Gasteiger partial charge < -0.3 is 25.3 Å². The van der Waals surface area contributed by atoms with Crippen molar-refractivity contribution in [1.82, 2.24) is 0 Å². The smallest absolute Gasteiger partial charge is 0.203 e. The molecule has 0 aromatic heterocycles. The molecule has 0 atom stereocenters. The molecule has 0 saturated heterocycles. The molecule has 2 aromatic carbocycles. The van der Waals surface area contributed by atoms with Gasteiger partial charge in [-0.3, -0.25) is 0 Å². The highest BCUT2D eigenvalue weighted by Crippen LogP contribution is 2.41. The summed E-state index contributed by atoms with van der Waals surface area (Å²) in [6.45, 7) is 0. The van der Waals surface area contributed by atoms with E-state index < -0.39 is 0 Å². The second-order valence-electron chi connectivity index (χ2n) is 4.27. The Morgan fingerprint density at radius 2 is 1.57 bits per heavy atom. The number of benzene rings is 2. The van der Waals surface area contributed by atoms with Crippen LogP contribution in [0.3, 0.4) is 0 Å². The average molecular weight is 353 g/mol. The highest BCUT2D eigenvalue weighted by molar-refractivity contribution is 9.10. The fourth-order valence-electron chi connectivity index (χ4n) is 1.96. The van der Waals surface area contributed by atoms with Gasteiger partial charge in [-0.2, -0.15) is 0 Å². The molecule has 0 radical (unpaired) electrons. The van der Waals surface area contributed by atoms with Crippen molar-refractivity contribution in [2.75, 3.05) is 32.4 Å². The van der Waals surface area contributed by atoms with Crippen molar-refractivity contribution in [2.24, 2.45) is 0 Å². The third-order valence-electron chi connectivity index (χ3n) is 2.96. The van der Waals surface area contributed by atoms with E-state index in [1.54, 1.807) is 21.3 Å². The molecule has 0 spiro atoms. The first-order valence-corrected chi connectivity index (χ1v) is 7.00. The van der Waals surface area contributed by atoms with Gasteiger partial charge in [0.2, 0.25) is 5.75 Å². The predicted molar refractivity (Wildman–Crippen MR) is 87.9 cm³/mol. The standard InChI is InChI=1S/C15H17BrN2O3/c1-19-13-7-10(8-14(20-2)15(13)21-3)18-12-5-4-9(16)6-11(12)17/h4-8,18H,17H2,1-3H3. The third kappa shape index (κ3) is 3.33. The van der Waals surface area contributed by atoms with Crippen molar-refractivity contribution in [2.45, 2.75) is 0 Å². The number of methoxy groups -OCH3 is 3. The van der Waals surface area contributed by atoms with Crippen molar-refractivity contribution >= 4 is 33.0 Å². The number of nitrogens with one attached hydrogen (secondary N) is 1. The Morgan fingerprint density at radius 3 is 2.05 bits per heavy atom. The minimum absolute atomic E-state index is 0.550. The quantitative estimate of drug-likeness (QED) is 0.801. The molecule has 0 amide bonds. The molecule has 0 bridgehead atoms. The van der Waals surface area contributed by atoms with Gasteiger partial charge in [0.15, 0.2) is 11.5 Å². The number of rotatable bonds is 5. The lowest BCUT2D eigenvalue weighted by molar-refractivity contribution is 0.324. The van der Waals surface area contributed by atoms with Crippen LogP contribution in [0, 0.1) is 0 Å². The lowest BCUT2D eigenvalue weighted by atomic mass is 10.2. The first kappa shape index (κ1) is 15.3. The van der Waals surface area contributed by atoms with E-state index >= 15 is 0 Å². The molecule has 0 saturated carbocycles. The Bertz CT molecular complexity index is 622. The van der Waals surface area contributed by atoms with Gasteiger partial charge in [-0.15, -0.1) is 0 Å². The minimum atomic E-state index is 0.550. The summed E-state index contributed by atoms with van der Waals surface area (Å²) in [7, 11) is 4.73. The van der Waals surface area contributed by atoms with E-state index in [2.05, 4.69) is 21.2 Å². The largest absolute Gasteiger partial charge is 0.493 e. The monoisotopic (exact) mass is 352 g/mol. The SMILES string of the molecule is COc1cc(Nc2ccc(Br)cc2N)cc(OC)c1OC. The lowest BCUT2D eigenvalue weighted by Crippen LogP contribution is -1.99. The highest BCUT2D eigenvalue weighted by atomic mass is 79.9. The zero-order valence-electron chi connectivity index (χ0n) is 12.1. The van der Waals surface area contributed by atoms with Gasteiger partial charge in [-0.25, -0.2) is 0 Å². The molecule has 0 unspecified atom stereocenters. The summed E-state index contributed by atoms with van der Waals surface area (Å²) in [4.78, 5) is 0. The minimum Gasteiger partial charge on any atom is -0.493 e. The maximum Gasteiger partial charge on any atom is 0.203 e. The van der Waals surface area contributed by atoms with Gasteiger partial charge in [0.05, 0.1) is 32.7 Å². The fourth-order valence-corrected chi connectivity index (χ4v) is 2.33. The van der Waals surface area contributed by atoms with E-state index in [-0.39, 0.29) is 0 Å². The van der Waals surface area contributed by atoms with E-state index in [4.69, 9.17) is 19.9 Å². The Labute approximate surface area is 132 Å². The summed E-state index contributed by atoms with van der Waals surface area (Å²) in [5, 5.41) is 3.24. The van der Waals surface area contributed by atoms with E-state index in [0.717, 1.165) is 15.8 Å². The maximum absolute atomic E-state index is 5.99. The summed E-state index contributed by atoms with van der Waals surface area (Å²) in [6.07, 6.45) is 0. The number of ether oxygens (including phenoxy) is 3. The number of nitrogen functional groups attached to an aromatic ring is 1. The highest BCUT2D eigenvalue weighted by Gasteiger charge is 2.13. The zero-order chi connectivity index (χ0) is 15.4. The molecule has 2 aromatic rings. The molecule has 2 rings (SSSR count). The molecule has 3 N–H and O–H groups in total.